The van der Waals surface area contributed by atoms with Crippen LogP contribution >= 0.6 is 0 Å². The van der Waals surface area contributed by atoms with E-state index in [4.69, 9.17) is 5.11 Å². The van der Waals surface area contributed by atoms with E-state index in [1.807, 2.05) is 6.07 Å². The maximum Gasteiger partial charge on any atom is 0.269 e. The van der Waals surface area contributed by atoms with Gasteiger partial charge in [0.1, 0.15) is 6.26 Å². The molecule has 0 heterocycles. The van der Waals surface area contributed by atoms with Crippen molar-refractivity contribution >= 4 is 17.2 Å². The summed E-state index contributed by atoms with van der Waals surface area (Å²) >= 11 is 0. The minimum atomic E-state index is -0.586. The molecule has 2 rings (SSSR count). The Kier molecular flexibility index (Phi) is 4.71. The van der Waals surface area contributed by atoms with Crippen LogP contribution in [0.3, 0.4) is 0 Å². The predicted molar refractivity (Wildman–Crippen MR) is 79.1 cm³/mol. The van der Waals surface area contributed by atoms with Crippen molar-refractivity contribution in [1.29, 1.82) is 0 Å². The van der Waals surface area contributed by atoms with Gasteiger partial charge < -0.3 is 5.11 Å². The van der Waals surface area contributed by atoms with Crippen LogP contribution in [0.25, 0.3) is 0 Å². The Bertz CT molecular complexity index is 737. The molecule has 0 unspecified atom stereocenters. The van der Waals surface area contributed by atoms with Gasteiger partial charge in [-0.15, -0.1) is 5.11 Å². The van der Waals surface area contributed by atoms with Crippen LogP contribution in [0, 0.1) is 10.1 Å². The minimum absolute atomic E-state index is 0.128. The topological polar surface area (TPSA) is 105 Å². The lowest BCUT2D eigenvalue weighted by Gasteiger charge is -1.99. The van der Waals surface area contributed by atoms with Crippen LogP contribution in [0.4, 0.5) is 11.4 Å². The SMILES string of the molecule is O=C(/C(=C\O)N=Nc1ccccc1)c1ccc([N+](=O)[O-])cc1. The second-order valence-electron chi connectivity index (χ2n) is 4.18. The van der Waals surface area contributed by atoms with Gasteiger partial charge in [-0.25, -0.2) is 0 Å². The number of hydrogen-bond donors (Lipinski definition) is 1. The number of carbonyl (C=O) groups excluding carboxylic acids is 1. The Balaban J connectivity index is 2.19. The van der Waals surface area contributed by atoms with E-state index < -0.39 is 10.7 Å². The second kappa shape index (κ2) is 6.89. The van der Waals surface area contributed by atoms with Crippen LogP contribution in [0.5, 0.6) is 0 Å². The average molecular weight is 297 g/mol. The molecule has 0 aliphatic heterocycles. The quantitative estimate of drug-likeness (QED) is 0.225. The van der Waals surface area contributed by atoms with Gasteiger partial charge >= 0.3 is 0 Å². The van der Waals surface area contributed by atoms with Gasteiger partial charge in [0, 0.05) is 17.7 Å². The molecule has 0 amide bonds. The van der Waals surface area contributed by atoms with E-state index in [1.165, 1.54) is 24.3 Å². The Morgan fingerprint density at radius 3 is 2.27 bits per heavy atom. The van der Waals surface area contributed by atoms with Gasteiger partial charge in [0.05, 0.1) is 10.6 Å². The molecule has 0 fully saturated rings. The Morgan fingerprint density at radius 1 is 1.09 bits per heavy atom. The van der Waals surface area contributed by atoms with Gasteiger partial charge in [-0.3, -0.25) is 14.9 Å². The summed E-state index contributed by atoms with van der Waals surface area (Å²) < 4.78 is 0. The first-order chi connectivity index (χ1) is 10.6. The van der Waals surface area contributed by atoms with Crippen LogP contribution in [-0.4, -0.2) is 15.8 Å². The molecule has 110 valence electrons. The third kappa shape index (κ3) is 3.60. The number of carbonyl (C=O) groups is 1. The molecule has 0 aliphatic rings. The number of rotatable bonds is 5. The van der Waals surface area contributed by atoms with Crippen molar-refractivity contribution in [3.8, 4) is 0 Å². The number of allylic oxidation sites excluding steroid dienone is 1. The Labute approximate surface area is 125 Å². The molecule has 0 spiro atoms. The highest BCUT2D eigenvalue weighted by Gasteiger charge is 2.14. The fraction of sp³-hybridized carbons (Fsp3) is 0. The van der Waals surface area contributed by atoms with Crippen LogP contribution in [0.15, 0.2) is 76.8 Å². The van der Waals surface area contributed by atoms with Crippen molar-refractivity contribution in [2.24, 2.45) is 10.2 Å². The van der Waals surface area contributed by atoms with Crippen molar-refractivity contribution in [2.45, 2.75) is 0 Å². The third-order valence-corrected chi connectivity index (χ3v) is 2.72. The molecule has 0 atom stereocenters. The molecule has 0 aromatic heterocycles. The first kappa shape index (κ1) is 15.0. The fourth-order valence-electron chi connectivity index (χ4n) is 1.62. The second-order valence-corrected chi connectivity index (χ2v) is 4.18. The predicted octanol–water partition coefficient (Wildman–Crippen LogP) is 3.96. The van der Waals surface area contributed by atoms with Gasteiger partial charge in [0.25, 0.3) is 5.69 Å². The lowest BCUT2D eigenvalue weighted by molar-refractivity contribution is -0.384. The number of hydrogen-bond acceptors (Lipinski definition) is 6. The van der Waals surface area contributed by atoms with E-state index in [-0.39, 0.29) is 16.9 Å². The summed E-state index contributed by atoms with van der Waals surface area (Å²) in [6.07, 6.45) is 0.552. The monoisotopic (exact) mass is 297 g/mol. The summed E-state index contributed by atoms with van der Waals surface area (Å²) in [5, 5.41) is 27.2. The average Bonchev–Trinajstić information content (AvgIpc) is 2.56. The largest absolute Gasteiger partial charge is 0.513 e. The third-order valence-electron chi connectivity index (χ3n) is 2.72. The number of nitro benzene ring substituents is 1. The van der Waals surface area contributed by atoms with Crippen molar-refractivity contribution in [3.63, 3.8) is 0 Å². The molecule has 2 aromatic rings. The number of nitro groups is 1. The number of benzene rings is 2. The van der Waals surface area contributed by atoms with Gasteiger partial charge in [0.15, 0.2) is 5.70 Å². The lowest BCUT2D eigenvalue weighted by atomic mass is 10.1. The van der Waals surface area contributed by atoms with Crippen LogP contribution in [0.1, 0.15) is 10.4 Å². The summed E-state index contributed by atoms with van der Waals surface area (Å²) in [6.45, 7) is 0. The van der Waals surface area contributed by atoms with Gasteiger partial charge in [-0.2, -0.15) is 5.11 Å². The Morgan fingerprint density at radius 2 is 1.73 bits per heavy atom. The maximum atomic E-state index is 12.1. The van der Waals surface area contributed by atoms with E-state index in [9.17, 15) is 14.9 Å². The smallest absolute Gasteiger partial charge is 0.269 e. The van der Waals surface area contributed by atoms with E-state index in [1.54, 1.807) is 24.3 Å². The molecular weight excluding hydrogens is 286 g/mol. The number of ketones is 1. The number of aliphatic hydroxyl groups excluding tert-OH is 1. The van der Waals surface area contributed by atoms with Crippen molar-refractivity contribution < 1.29 is 14.8 Å². The fourth-order valence-corrected chi connectivity index (χ4v) is 1.62. The lowest BCUT2D eigenvalue weighted by Crippen LogP contribution is -2.01. The van der Waals surface area contributed by atoms with Crippen LogP contribution in [0.2, 0.25) is 0 Å². The summed E-state index contributed by atoms with van der Waals surface area (Å²) in [5.41, 5.74) is 0.297. The molecule has 7 nitrogen and oxygen atoms in total. The molecule has 0 saturated heterocycles. The summed E-state index contributed by atoms with van der Waals surface area (Å²) in [4.78, 5) is 22.1. The number of nitrogens with zero attached hydrogens (tertiary/aromatic N) is 3. The maximum absolute atomic E-state index is 12.1. The summed E-state index contributed by atoms with van der Waals surface area (Å²) in [7, 11) is 0. The molecule has 22 heavy (non-hydrogen) atoms. The van der Waals surface area contributed by atoms with Crippen LogP contribution < -0.4 is 0 Å². The van der Waals surface area contributed by atoms with E-state index in [0.29, 0.717) is 11.9 Å². The standard InChI is InChI=1S/C15H11N3O4/c19-10-14(17-16-12-4-2-1-3-5-12)15(20)11-6-8-13(9-7-11)18(21)22/h1-10,19H/b14-10+,17-16?. The van der Waals surface area contributed by atoms with Gasteiger partial charge in [-0.05, 0) is 24.3 Å². The molecule has 0 bridgehead atoms. The van der Waals surface area contributed by atoms with Gasteiger partial charge in [-0.1, -0.05) is 18.2 Å². The zero-order valence-corrected chi connectivity index (χ0v) is 11.3. The highest BCUT2D eigenvalue weighted by molar-refractivity contribution is 6.08. The molecular formula is C15H11N3O4. The zero-order valence-electron chi connectivity index (χ0n) is 11.3. The van der Waals surface area contributed by atoms with E-state index in [0.717, 1.165) is 0 Å². The molecule has 1 N–H and O–H groups in total. The van der Waals surface area contributed by atoms with Crippen molar-refractivity contribution in [2.75, 3.05) is 0 Å². The summed E-state index contributed by atoms with van der Waals surface area (Å²) in [5.74, 6) is -0.586. The summed E-state index contributed by atoms with van der Waals surface area (Å²) in [6, 6.07) is 13.7. The van der Waals surface area contributed by atoms with Gasteiger partial charge in [0.2, 0.25) is 5.78 Å². The minimum Gasteiger partial charge on any atom is -0.513 e. The molecule has 7 heteroatoms. The molecule has 0 aliphatic carbocycles. The number of aliphatic hydroxyl groups is 1. The van der Waals surface area contributed by atoms with Crippen molar-refractivity contribution in [1.82, 2.24) is 0 Å². The van der Waals surface area contributed by atoms with Crippen LogP contribution in [-0.2, 0) is 0 Å². The first-order valence-corrected chi connectivity index (χ1v) is 6.22. The molecule has 2 aromatic carbocycles. The van der Waals surface area contributed by atoms with Crippen molar-refractivity contribution in [3.05, 3.63) is 82.2 Å². The highest BCUT2D eigenvalue weighted by Crippen LogP contribution is 2.17. The normalized spacial score (nSPS) is 11.5. The van der Waals surface area contributed by atoms with E-state index in [2.05, 4.69) is 10.2 Å². The highest BCUT2D eigenvalue weighted by atomic mass is 16.6. The van der Waals surface area contributed by atoms with E-state index >= 15 is 0 Å². The first-order valence-electron chi connectivity index (χ1n) is 6.22. The number of Topliss-reactive ketones (excluding diaryl/α,β-unsaturated/α-hetero) is 1. The zero-order chi connectivity index (χ0) is 15.9. The number of non-ortho nitro benzene ring substituents is 1. The number of azo groups is 1. The molecule has 0 saturated carbocycles. The Hall–Kier alpha value is -3.35. The molecule has 0 radical (unpaired) electrons.